The first-order valence-electron chi connectivity index (χ1n) is 9.53. The molecule has 33 heavy (non-hydrogen) atoms. The van der Waals surface area contributed by atoms with E-state index in [1.54, 1.807) is 30.3 Å². The molecule has 2 rings (SSSR count). The summed E-state index contributed by atoms with van der Waals surface area (Å²) in [6.45, 7) is -0.386. The van der Waals surface area contributed by atoms with E-state index in [1.807, 2.05) is 0 Å². The Labute approximate surface area is 189 Å². The molecule has 0 aromatic heterocycles. The van der Waals surface area contributed by atoms with E-state index in [2.05, 4.69) is 10.1 Å². The number of benzene rings is 2. The molecule has 3 atom stereocenters. The van der Waals surface area contributed by atoms with Crippen LogP contribution in [0.2, 0.25) is 0 Å². The van der Waals surface area contributed by atoms with Gasteiger partial charge in [-0.15, -0.1) is 4.52 Å². The Balaban J connectivity index is 1.91. The molecule has 0 spiro atoms. The smallest absolute Gasteiger partial charge is 0.502 e. The molecule has 0 radical (unpaired) electrons. The van der Waals surface area contributed by atoms with E-state index < -0.39 is 48.3 Å². The number of hydrogen-bond acceptors (Lipinski definition) is 10. The number of para-hydroxylation sites is 1. The maximum atomic E-state index is 12.2. The van der Waals surface area contributed by atoms with Gasteiger partial charge in [0, 0.05) is 12.5 Å². The summed E-state index contributed by atoms with van der Waals surface area (Å²) < 4.78 is 26.9. The number of ether oxygens (including phenoxy) is 2. The van der Waals surface area contributed by atoms with Gasteiger partial charge in [-0.25, -0.2) is 9.59 Å². The number of nitrogens with zero attached hydrogens (tertiary/aromatic N) is 1. The number of nitrogens with one attached hydrogen (secondary N) is 1. The number of rotatable bonds is 11. The summed E-state index contributed by atoms with van der Waals surface area (Å²) in [6.07, 6.45) is -1.07. The van der Waals surface area contributed by atoms with Crippen LogP contribution in [-0.2, 0) is 30.0 Å². The highest BCUT2D eigenvalue weighted by Gasteiger charge is 2.37. The lowest BCUT2D eigenvalue weighted by Crippen LogP contribution is -2.42. The molecule has 2 aromatic carbocycles. The van der Waals surface area contributed by atoms with Gasteiger partial charge in [0.25, 0.3) is 0 Å². The van der Waals surface area contributed by atoms with Crippen LogP contribution in [0.1, 0.15) is 23.4 Å². The van der Waals surface area contributed by atoms with Crippen molar-refractivity contribution in [2.45, 2.75) is 24.9 Å². The predicted octanol–water partition coefficient (Wildman–Crippen LogP) is 2.91. The summed E-state index contributed by atoms with van der Waals surface area (Å²) in [4.78, 5) is 34.0. The van der Waals surface area contributed by atoms with E-state index in [9.17, 15) is 34.5 Å². The van der Waals surface area contributed by atoms with Crippen LogP contribution in [0.4, 0.5) is 10.5 Å². The number of carbonyl (C=O) groups is 2. The number of alkyl carbamates (subject to hydrolysis) is 1. The van der Waals surface area contributed by atoms with Gasteiger partial charge in [0.05, 0.1) is 17.6 Å². The molecular formula is C20H22N2O10P+. The second-order valence-corrected chi connectivity index (χ2v) is 7.85. The van der Waals surface area contributed by atoms with Gasteiger partial charge >= 0.3 is 31.6 Å². The lowest BCUT2D eigenvalue weighted by atomic mass is 10.2. The van der Waals surface area contributed by atoms with E-state index >= 15 is 0 Å². The van der Waals surface area contributed by atoms with Crippen molar-refractivity contribution in [3.05, 3.63) is 69.8 Å². The van der Waals surface area contributed by atoms with Crippen molar-refractivity contribution in [1.82, 2.24) is 5.32 Å². The van der Waals surface area contributed by atoms with Crippen molar-refractivity contribution < 1.29 is 43.3 Å². The maximum absolute atomic E-state index is 12.2. The van der Waals surface area contributed by atoms with Gasteiger partial charge in [-0.05, 0) is 16.2 Å². The van der Waals surface area contributed by atoms with Gasteiger partial charge in [0.15, 0.2) is 0 Å². The third-order valence-electron chi connectivity index (χ3n) is 4.34. The number of nitro benzene ring substituents is 1. The third kappa shape index (κ3) is 7.49. The topological polar surface area (TPSA) is 175 Å². The number of aliphatic hydroxyl groups excluding tert-OH is 1. The molecule has 0 saturated carbocycles. The number of carbonyl (C=O) groups excluding carboxylic acids is 2. The monoisotopic (exact) mass is 481 g/mol. The minimum absolute atomic E-state index is 0.0260. The van der Waals surface area contributed by atoms with Crippen molar-refractivity contribution in [2.24, 2.45) is 0 Å². The molecule has 3 N–H and O–H groups in total. The number of phenolic OH excluding ortho intramolecular Hbond substituents is 1. The second kappa shape index (κ2) is 12.4. The zero-order chi connectivity index (χ0) is 24.4. The zero-order valence-corrected chi connectivity index (χ0v) is 18.3. The molecule has 13 heteroatoms. The lowest BCUT2D eigenvalue weighted by molar-refractivity contribution is -0.386. The maximum Gasteiger partial charge on any atom is 0.545 e. The van der Waals surface area contributed by atoms with Crippen LogP contribution >= 0.6 is 8.03 Å². The summed E-state index contributed by atoms with van der Waals surface area (Å²) >= 11 is 0. The minimum Gasteiger partial charge on any atom is -0.502 e. The SMILES string of the molecule is COC(=O)[C@H](CCO[P+](=O)C(O)c1cccc([N+](=O)[O-])c1O)NC(=O)OCc1ccccc1. The Hall–Kier alpha value is -3.60. The summed E-state index contributed by atoms with van der Waals surface area (Å²) in [7, 11) is -1.74. The fourth-order valence-corrected chi connectivity index (χ4v) is 3.51. The third-order valence-corrected chi connectivity index (χ3v) is 5.45. The molecule has 0 aliphatic heterocycles. The van der Waals surface area contributed by atoms with Crippen molar-refractivity contribution >= 4 is 25.8 Å². The van der Waals surface area contributed by atoms with E-state index in [0.29, 0.717) is 0 Å². The number of methoxy groups -OCH3 is 1. The van der Waals surface area contributed by atoms with Gasteiger partial charge < -0.3 is 25.0 Å². The minimum atomic E-state index is -2.85. The largest absolute Gasteiger partial charge is 0.545 e. The predicted molar refractivity (Wildman–Crippen MR) is 113 cm³/mol. The molecule has 2 unspecified atom stereocenters. The molecule has 0 aliphatic carbocycles. The van der Waals surface area contributed by atoms with E-state index in [4.69, 9.17) is 9.26 Å². The molecule has 176 valence electrons. The van der Waals surface area contributed by atoms with Crippen LogP contribution in [0.3, 0.4) is 0 Å². The molecule has 0 aliphatic rings. The number of aromatic hydroxyl groups is 1. The number of amides is 1. The van der Waals surface area contributed by atoms with Crippen LogP contribution < -0.4 is 5.32 Å². The fourth-order valence-electron chi connectivity index (χ4n) is 2.65. The van der Waals surface area contributed by atoms with Gasteiger partial charge in [-0.2, -0.15) is 0 Å². The molecule has 12 nitrogen and oxygen atoms in total. The summed E-state index contributed by atoms with van der Waals surface area (Å²) in [5.74, 6) is -3.50. The van der Waals surface area contributed by atoms with Crippen molar-refractivity contribution in [2.75, 3.05) is 13.7 Å². The molecule has 0 heterocycles. The lowest BCUT2D eigenvalue weighted by Gasteiger charge is -2.15. The Morgan fingerprint density at radius 1 is 1.18 bits per heavy atom. The molecule has 0 fully saturated rings. The van der Waals surface area contributed by atoms with Crippen LogP contribution in [0, 0.1) is 10.1 Å². The van der Waals surface area contributed by atoms with Gasteiger partial charge in [-0.3, -0.25) is 10.1 Å². The Kier molecular flexibility index (Phi) is 9.67. The van der Waals surface area contributed by atoms with E-state index in [1.165, 1.54) is 6.07 Å². The first-order valence-corrected chi connectivity index (χ1v) is 10.8. The first kappa shape index (κ1) is 25.7. The fraction of sp³-hybridized carbons (Fsp3) is 0.300. The standard InChI is InChI=1S/C20H21N2O10P/c1-30-18(24)15(21-20(26)31-12-13-6-3-2-4-7-13)10-11-32-33(29)19(25)14-8-5-9-16(17(14)23)22(27)28/h2-9,15,19,25H,10-12H2,1H3,(H-,21,23,26)/p+1/t15-,19?/m0/s1. The van der Waals surface area contributed by atoms with E-state index in [0.717, 1.165) is 24.8 Å². The average molecular weight is 481 g/mol. The normalized spacial score (nSPS) is 12.8. The Morgan fingerprint density at radius 2 is 1.88 bits per heavy atom. The van der Waals surface area contributed by atoms with Crippen LogP contribution in [-0.4, -0.2) is 47.0 Å². The number of phenols is 1. The first-order chi connectivity index (χ1) is 15.7. The van der Waals surface area contributed by atoms with Gasteiger partial charge in [-0.1, -0.05) is 36.4 Å². The summed E-state index contributed by atoms with van der Waals surface area (Å²) in [5.41, 5.74) is -0.280. The van der Waals surface area contributed by atoms with Crippen molar-refractivity contribution in [3.63, 3.8) is 0 Å². The molecule has 0 bridgehead atoms. The number of nitro groups is 1. The Bertz CT molecular complexity index is 1000. The second-order valence-electron chi connectivity index (χ2n) is 6.53. The molecule has 2 aromatic rings. The molecular weight excluding hydrogens is 459 g/mol. The molecule has 1 amide bonds. The van der Waals surface area contributed by atoms with Crippen LogP contribution in [0.15, 0.2) is 48.5 Å². The van der Waals surface area contributed by atoms with E-state index in [-0.39, 0.29) is 25.2 Å². The van der Waals surface area contributed by atoms with Gasteiger partial charge in [0.2, 0.25) is 5.75 Å². The zero-order valence-electron chi connectivity index (χ0n) is 17.4. The number of hydrogen-bond donors (Lipinski definition) is 3. The van der Waals surface area contributed by atoms with Gasteiger partial charge in [0.1, 0.15) is 19.3 Å². The highest BCUT2D eigenvalue weighted by atomic mass is 31.1. The number of aliphatic hydroxyl groups is 1. The Morgan fingerprint density at radius 3 is 2.52 bits per heavy atom. The molecule has 0 saturated heterocycles. The van der Waals surface area contributed by atoms with Crippen molar-refractivity contribution in [1.29, 1.82) is 0 Å². The highest BCUT2D eigenvalue weighted by molar-refractivity contribution is 7.39. The quantitative estimate of drug-likeness (QED) is 0.187. The summed E-state index contributed by atoms with van der Waals surface area (Å²) in [6, 6.07) is 11.0. The number of esters is 1. The highest BCUT2D eigenvalue weighted by Crippen LogP contribution is 2.45. The van der Waals surface area contributed by atoms with Crippen molar-refractivity contribution in [3.8, 4) is 5.75 Å². The van der Waals surface area contributed by atoms with Crippen LogP contribution in [0.25, 0.3) is 0 Å². The van der Waals surface area contributed by atoms with Crippen LogP contribution in [0.5, 0.6) is 5.75 Å². The summed E-state index contributed by atoms with van der Waals surface area (Å²) in [5, 5.41) is 33.3. The average Bonchev–Trinajstić information content (AvgIpc) is 2.81.